The van der Waals surface area contributed by atoms with Crippen LogP contribution in [0.15, 0.2) is 41.5 Å². The van der Waals surface area contributed by atoms with Crippen LogP contribution in [0.5, 0.6) is 0 Å². The highest BCUT2D eigenvalue weighted by Crippen LogP contribution is 2.23. The van der Waals surface area contributed by atoms with Crippen molar-refractivity contribution in [3.63, 3.8) is 0 Å². The first-order chi connectivity index (χ1) is 12.2. The van der Waals surface area contributed by atoms with Crippen LogP contribution in [0.3, 0.4) is 0 Å². The van der Waals surface area contributed by atoms with Crippen molar-refractivity contribution in [1.82, 2.24) is 5.43 Å². The van der Waals surface area contributed by atoms with Gasteiger partial charge in [0, 0.05) is 22.7 Å². The highest BCUT2D eigenvalue weighted by Gasteiger charge is 2.19. The van der Waals surface area contributed by atoms with E-state index in [4.69, 9.17) is 23.2 Å². The van der Waals surface area contributed by atoms with Crippen LogP contribution in [-0.2, 0) is 0 Å². The summed E-state index contributed by atoms with van der Waals surface area (Å²) in [5, 5.41) is 26.3. The molecule has 0 radical (unpaired) electrons. The molecular formula is C15H10Cl2N4O5. The van der Waals surface area contributed by atoms with Gasteiger partial charge in [0.1, 0.15) is 0 Å². The summed E-state index contributed by atoms with van der Waals surface area (Å²) < 4.78 is 0. The van der Waals surface area contributed by atoms with Gasteiger partial charge in [-0.2, -0.15) is 5.10 Å². The van der Waals surface area contributed by atoms with Crippen LogP contribution in [0.4, 0.5) is 11.4 Å². The summed E-state index contributed by atoms with van der Waals surface area (Å²) in [6, 6.07) is 7.30. The molecule has 26 heavy (non-hydrogen) atoms. The second-order valence-electron chi connectivity index (χ2n) is 5.01. The molecule has 0 bridgehead atoms. The Labute approximate surface area is 156 Å². The fourth-order valence-electron chi connectivity index (χ4n) is 1.98. The molecule has 1 amide bonds. The molecule has 1 N–H and O–H groups in total. The molecule has 0 aromatic heterocycles. The van der Waals surface area contributed by atoms with Crippen LogP contribution in [-0.4, -0.2) is 21.5 Å². The van der Waals surface area contributed by atoms with Gasteiger partial charge < -0.3 is 0 Å². The van der Waals surface area contributed by atoms with E-state index in [0.29, 0.717) is 21.3 Å². The molecule has 0 fully saturated rings. The minimum atomic E-state index is -0.846. The topological polar surface area (TPSA) is 128 Å². The Kier molecular flexibility index (Phi) is 5.86. The van der Waals surface area contributed by atoms with Gasteiger partial charge in [-0.25, -0.2) is 5.43 Å². The second kappa shape index (κ2) is 7.89. The number of hydrogen-bond acceptors (Lipinski definition) is 6. The van der Waals surface area contributed by atoms with Gasteiger partial charge in [-0.15, -0.1) is 0 Å². The molecule has 0 spiro atoms. The Hall–Kier alpha value is -3.04. The van der Waals surface area contributed by atoms with Crippen LogP contribution < -0.4 is 5.43 Å². The first-order valence-electron chi connectivity index (χ1n) is 6.93. The van der Waals surface area contributed by atoms with Gasteiger partial charge >= 0.3 is 0 Å². The maximum Gasteiger partial charge on any atom is 0.277 e. The lowest BCUT2D eigenvalue weighted by atomic mass is 10.1. The minimum absolute atomic E-state index is 0.273. The Morgan fingerprint density at radius 1 is 1.04 bits per heavy atom. The number of nitrogens with one attached hydrogen (secondary N) is 1. The van der Waals surface area contributed by atoms with Crippen molar-refractivity contribution in [2.45, 2.75) is 6.92 Å². The largest absolute Gasteiger partial charge is 0.277 e. The number of carbonyl (C=O) groups is 1. The molecule has 2 aromatic rings. The van der Waals surface area contributed by atoms with E-state index in [1.807, 2.05) is 0 Å². The number of halogens is 2. The smallest absolute Gasteiger partial charge is 0.267 e. The van der Waals surface area contributed by atoms with Gasteiger partial charge in [0.15, 0.2) is 0 Å². The first-order valence-corrected chi connectivity index (χ1v) is 7.68. The van der Waals surface area contributed by atoms with Crippen molar-refractivity contribution < 1.29 is 14.6 Å². The van der Waals surface area contributed by atoms with E-state index < -0.39 is 27.1 Å². The lowest BCUT2D eigenvalue weighted by Gasteiger charge is -2.05. The highest BCUT2D eigenvalue weighted by atomic mass is 35.5. The zero-order chi connectivity index (χ0) is 19.4. The number of nitro groups is 2. The molecule has 9 nitrogen and oxygen atoms in total. The number of nitrogens with zero attached hydrogens (tertiary/aromatic N) is 3. The fraction of sp³-hybridized carbons (Fsp3) is 0.0667. The Balaban J connectivity index is 2.29. The summed E-state index contributed by atoms with van der Waals surface area (Å²) in [7, 11) is 0. The number of hydrogen-bond donors (Lipinski definition) is 1. The van der Waals surface area contributed by atoms with E-state index in [9.17, 15) is 25.0 Å². The molecule has 0 heterocycles. The van der Waals surface area contributed by atoms with Gasteiger partial charge in [0.25, 0.3) is 17.3 Å². The third-order valence-electron chi connectivity index (χ3n) is 3.23. The van der Waals surface area contributed by atoms with E-state index in [1.54, 1.807) is 19.1 Å². The van der Waals surface area contributed by atoms with Gasteiger partial charge in [0.2, 0.25) is 0 Å². The quantitative estimate of drug-likeness (QED) is 0.464. The predicted octanol–water partition coefficient (Wildman–Crippen LogP) is 3.96. The van der Waals surface area contributed by atoms with Gasteiger partial charge in [0.05, 0.1) is 32.2 Å². The van der Waals surface area contributed by atoms with Crippen molar-refractivity contribution in [3.8, 4) is 0 Å². The number of carbonyl (C=O) groups excluding carboxylic acids is 1. The number of rotatable bonds is 5. The molecule has 0 aliphatic rings. The molecular weight excluding hydrogens is 387 g/mol. The Bertz CT molecular complexity index is 913. The lowest BCUT2D eigenvalue weighted by Crippen LogP contribution is -2.19. The number of hydrazone groups is 1. The van der Waals surface area contributed by atoms with Crippen molar-refractivity contribution in [3.05, 3.63) is 77.8 Å². The molecule has 0 aliphatic carbocycles. The molecule has 134 valence electrons. The molecule has 0 unspecified atom stereocenters. The van der Waals surface area contributed by atoms with Gasteiger partial charge in [-0.3, -0.25) is 25.0 Å². The highest BCUT2D eigenvalue weighted by molar-refractivity contribution is 6.37. The first kappa shape index (κ1) is 19.3. The molecule has 11 heteroatoms. The SMILES string of the molecule is CC(=NNC(=O)c1cc([N+](=O)[O-])cc([N+](=O)[O-])c1)c1ccc(Cl)cc1Cl. The zero-order valence-corrected chi connectivity index (χ0v) is 14.6. The monoisotopic (exact) mass is 396 g/mol. The van der Waals surface area contributed by atoms with Crippen LogP contribution in [0.1, 0.15) is 22.8 Å². The zero-order valence-electron chi connectivity index (χ0n) is 13.1. The summed E-state index contributed by atoms with van der Waals surface area (Å²) >= 11 is 11.8. The fourth-order valence-corrected chi connectivity index (χ4v) is 2.52. The van der Waals surface area contributed by atoms with Crippen molar-refractivity contribution in [2.75, 3.05) is 0 Å². The van der Waals surface area contributed by atoms with E-state index in [2.05, 4.69) is 10.5 Å². The Morgan fingerprint density at radius 3 is 2.12 bits per heavy atom. The lowest BCUT2D eigenvalue weighted by molar-refractivity contribution is -0.394. The van der Waals surface area contributed by atoms with Crippen LogP contribution >= 0.6 is 23.2 Å². The van der Waals surface area contributed by atoms with E-state index >= 15 is 0 Å². The Morgan fingerprint density at radius 2 is 1.62 bits per heavy atom. The second-order valence-corrected chi connectivity index (χ2v) is 5.86. The normalized spacial score (nSPS) is 11.1. The standard InChI is InChI=1S/C15H10Cl2N4O5/c1-8(13-3-2-10(16)6-14(13)17)18-19-15(22)9-4-11(20(23)24)7-12(5-9)21(25)26/h2-7H,1H3,(H,19,22). The third-order valence-corrected chi connectivity index (χ3v) is 3.78. The maximum absolute atomic E-state index is 12.2. The molecule has 0 atom stereocenters. The summed E-state index contributed by atoms with van der Waals surface area (Å²) in [6.07, 6.45) is 0. The van der Waals surface area contributed by atoms with Crippen LogP contribution in [0, 0.1) is 20.2 Å². The van der Waals surface area contributed by atoms with Crippen LogP contribution in [0.2, 0.25) is 10.0 Å². The van der Waals surface area contributed by atoms with E-state index in [1.165, 1.54) is 6.07 Å². The average Bonchev–Trinajstić information content (AvgIpc) is 2.58. The molecule has 0 saturated carbocycles. The molecule has 0 saturated heterocycles. The number of amides is 1. The van der Waals surface area contributed by atoms with Crippen molar-refractivity contribution in [2.24, 2.45) is 5.10 Å². The summed E-state index contributed by atoms with van der Waals surface area (Å²) in [4.78, 5) is 32.2. The maximum atomic E-state index is 12.2. The molecule has 2 rings (SSSR count). The third kappa shape index (κ3) is 4.52. The van der Waals surface area contributed by atoms with E-state index in [-0.39, 0.29) is 5.56 Å². The van der Waals surface area contributed by atoms with Crippen molar-refractivity contribution in [1.29, 1.82) is 0 Å². The van der Waals surface area contributed by atoms with E-state index in [0.717, 1.165) is 18.2 Å². The number of benzene rings is 2. The predicted molar refractivity (Wildman–Crippen MR) is 95.9 cm³/mol. The summed E-state index contributed by atoms with van der Waals surface area (Å²) in [5.74, 6) is -0.846. The minimum Gasteiger partial charge on any atom is -0.267 e. The summed E-state index contributed by atoms with van der Waals surface area (Å²) in [6.45, 7) is 1.57. The summed E-state index contributed by atoms with van der Waals surface area (Å²) in [5.41, 5.74) is 1.62. The van der Waals surface area contributed by atoms with Gasteiger partial charge in [-0.05, 0) is 19.1 Å². The van der Waals surface area contributed by atoms with Crippen molar-refractivity contribution >= 4 is 46.2 Å². The number of nitro benzene ring substituents is 2. The number of non-ortho nitro benzene ring substituents is 2. The molecule has 2 aromatic carbocycles. The van der Waals surface area contributed by atoms with Crippen LogP contribution in [0.25, 0.3) is 0 Å². The van der Waals surface area contributed by atoms with Gasteiger partial charge in [-0.1, -0.05) is 29.3 Å². The average molecular weight is 397 g/mol. The molecule has 0 aliphatic heterocycles.